The van der Waals surface area contributed by atoms with Crippen LogP contribution < -0.4 is 5.32 Å². The number of nitrogens with one attached hydrogen (secondary N) is 1. The number of hydrogen-bond acceptors (Lipinski definition) is 5. The predicted molar refractivity (Wildman–Crippen MR) is 98.6 cm³/mol. The van der Waals surface area contributed by atoms with Gasteiger partial charge in [-0.25, -0.2) is 4.98 Å². The molecule has 0 aliphatic rings. The highest BCUT2D eigenvalue weighted by Gasteiger charge is 2.13. The summed E-state index contributed by atoms with van der Waals surface area (Å²) in [5, 5.41) is 14.5. The van der Waals surface area contributed by atoms with Gasteiger partial charge in [-0.1, -0.05) is 15.9 Å². The molecule has 116 valence electrons. The van der Waals surface area contributed by atoms with E-state index >= 15 is 0 Å². The number of carbonyl (C=O) groups excluding carboxylic acids is 1. The molecule has 23 heavy (non-hydrogen) atoms. The minimum Gasteiger partial charge on any atom is -0.508 e. The fourth-order valence-electron chi connectivity index (χ4n) is 1.95. The lowest BCUT2D eigenvalue weighted by atomic mass is 10.2. The van der Waals surface area contributed by atoms with E-state index < -0.39 is 0 Å². The average Bonchev–Trinajstić information content (AvgIpc) is 2.99. The van der Waals surface area contributed by atoms with Gasteiger partial charge in [0.25, 0.3) is 5.91 Å². The van der Waals surface area contributed by atoms with Crippen LogP contribution in [0.5, 0.6) is 5.75 Å². The van der Waals surface area contributed by atoms with Crippen molar-refractivity contribution >= 4 is 50.9 Å². The van der Waals surface area contributed by atoms with E-state index in [1.807, 2.05) is 11.4 Å². The summed E-state index contributed by atoms with van der Waals surface area (Å²) in [6.07, 6.45) is 0. The summed E-state index contributed by atoms with van der Waals surface area (Å²) >= 11 is 8.98. The lowest BCUT2D eigenvalue weighted by Crippen LogP contribution is -2.12. The van der Waals surface area contributed by atoms with Gasteiger partial charge in [-0.3, -0.25) is 10.1 Å². The van der Waals surface area contributed by atoms with Gasteiger partial charge in [0.2, 0.25) is 0 Å². The Bertz CT molecular complexity index is 863. The first kappa shape index (κ1) is 16.0. The van der Waals surface area contributed by atoms with Crippen LogP contribution in [0.2, 0.25) is 0 Å². The molecule has 0 unspecified atom stereocenters. The van der Waals surface area contributed by atoms with Crippen molar-refractivity contribution in [3.8, 4) is 17.0 Å². The molecule has 7 heteroatoms. The highest BCUT2D eigenvalue weighted by atomic mass is 79.9. The Morgan fingerprint density at radius 2 is 1.96 bits per heavy atom. The van der Waals surface area contributed by atoms with Crippen LogP contribution in [0.25, 0.3) is 11.3 Å². The fourth-order valence-corrected chi connectivity index (χ4v) is 3.27. The van der Waals surface area contributed by atoms with E-state index in [9.17, 15) is 9.90 Å². The van der Waals surface area contributed by atoms with Gasteiger partial charge >= 0.3 is 0 Å². The van der Waals surface area contributed by atoms with Crippen molar-refractivity contribution in [2.24, 2.45) is 0 Å². The van der Waals surface area contributed by atoms with E-state index in [4.69, 9.17) is 0 Å². The smallest absolute Gasteiger partial charge is 0.258 e. The lowest BCUT2D eigenvalue weighted by Gasteiger charge is -2.05. The summed E-state index contributed by atoms with van der Waals surface area (Å²) in [5.41, 5.74) is 2.09. The molecular weight excluding hydrogens is 396 g/mol. The second-order valence-corrected chi connectivity index (χ2v) is 6.96. The average molecular weight is 407 g/mol. The SMILES string of the molecule is O=C(Nc1nc(-c2ccc(O)cc2)cs1)c1cc(Br)ccc1S. The number of hydrogen-bond donors (Lipinski definition) is 3. The van der Waals surface area contributed by atoms with Gasteiger partial charge in [-0.05, 0) is 42.5 Å². The van der Waals surface area contributed by atoms with Crippen LogP contribution in [0.1, 0.15) is 10.4 Å². The van der Waals surface area contributed by atoms with Gasteiger partial charge in [0.05, 0.1) is 11.3 Å². The molecule has 0 aliphatic heterocycles. The maximum absolute atomic E-state index is 12.3. The van der Waals surface area contributed by atoms with Crippen molar-refractivity contribution in [1.29, 1.82) is 0 Å². The standard InChI is InChI=1S/C16H11BrN2O2S2/c17-10-3-6-14(22)12(7-10)15(21)19-16-18-13(8-23-16)9-1-4-11(20)5-2-9/h1-8,20,22H,(H,18,19,21). The number of phenols is 1. The van der Waals surface area contributed by atoms with Crippen LogP contribution in [0.15, 0.2) is 57.2 Å². The molecular formula is C16H11BrN2O2S2. The Labute approximate surface area is 150 Å². The van der Waals surface area contributed by atoms with Gasteiger partial charge in [-0.2, -0.15) is 0 Å². The summed E-state index contributed by atoms with van der Waals surface area (Å²) in [5.74, 6) is -0.0589. The van der Waals surface area contributed by atoms with Crippen molar-refractivity contribution < 1.29 is 9.90 Å². The van der Waals surface area contributed by atoms with E-state index in [-0.39, 0.29) is 11.7 Å². The molecule has 2 N–H and O–H groups in total. The topological polar surface area (TPSA) is 62.2 Å². The van der Waals surface area contributed by atoms with Gasteiger partial charge in [0.1, 0.15) is 5.75 Å². The molecule has 0 radical (unpaired) electrons. The normalized spacial score (nSPS) is 10.5. The number of aromatic nitrogens is 1. The summed E-state index contributed by atoms with van der Waals surface area (Å²) in [7, 11) is 0. The fraction of sp³-hybridized carbons (Fsp3) is 0. The number of phenolic OH excluding ortho intramolecular Hbond substituents is 1. The van der Waals surface area contributed by atoms with Gasteiger partial charge in [-0.15, -0.1) is 24.0 Å². The number of anilines is 1. The third-order valence-electron chi connectivity index (χ3n) is 3.09. The number of carbonyl (C=O) groups is 1. The van der Waals surface area contributed by atoms with E-state index in [1.165, 1.54) is 11.3 Å². The zero-order chi connectivity index (χ0) is 16.4. The number of rotatable bonds is 3. The Morgan fingerprint density at radius 1 is 1.22 bits per heavy atom. The molecule has 0 atom stereocenters. The lowest BCUT2D eigenvalue weighted by molar-refractivity contribution is 0.102. The molecule has 2 aromatic carbocycles. The van der Waals surface area contributed by atoms with Crippen LogP contribution in [0.3, 0.4) is 0 Å². The van der Waals surface area contributed by atoms with E-state index in [0.717, 1.165) is 15.7 Å². The number of thiol groups is 1. The van der Waals surface area contributed by atoms with Crippen molar-refractivity contribution in [1.82, 2.24) is 4.98 Å². The van der Waals surface area contributed by atoms with E-state index in [0.29, 0.717) is 15.6 Å². The largest absolute Gasteiger partial charge is 0.508 e. The molecule has 0 fully saturated rings. The molecule has 0 saturated carbocycles. The molecule has 1 aromatic heterocycles. The third-order valence-corrected chi connectivity index (χ3v) is 4.73. The predicted octanol–water partition coefficient (Wildman–Crippen LogP) is 4.82. The highest BCUT2D eigenvalue weighted by Crippen LogP contribution is 2.27. The van der Waals surface area contributed by atoms with Crippen molar-refractivity contribution in [3.05, 3.63) is 57.9 Å². The van der Waals surface area contributed by atoms with Crippen LogP contribution in [-0.4, -0.2) is 16.0 Å². The molecule has 0 saturated heterocycles. The zero-order valence-corrected chi connectivity index (χ0v) is 15.0. The molecule has 3 rings (SSSR count). The molecule has 0 spiro atoms. The molecule has 1 heterocycles. The molecule has 4 nitrogen and oxygen atoms in total. The maximum atomic E-state index is 12.3. The highest BCUT2D eigenvalue weighted by molar-refractivity contribution is 9.10. The minimum absolute atomic E-state index is 0.202. The number of halogens is 1. The second kappa shape index (κ2) is 6.74. The van der Waals surface area contributed by atoms with Gasteiger partial charge in [0, 0.05) is 20.3 Å². The second-order valence-electron chi connectivity index (χ2n) is 4.70. The van der Waals surface area contributed by atoms with Gasteiger partial charge < -0.3 is 5.11 Å². The molecule has 1 amide bonds. The third kappa shape index (κ3) is 3.74. The molecule has 0 bridgehead atoms. The number of thiazole rings is 1. The first-order valence-corrected chi connectivity index (χ1v) is 8.70. The molecule has 3 aromatic rings. The van der Waals surface area contributed by atoms with Crippen LogP contribution >= 0.6 is 39.9 Å². The minimum atomic E-state index is -0.261. The Balaban J connectivity index is 1.80. The first-order chi connectivity index (χ1) is 11.0. The number of benzene rings is 2. The summed E-state index contributed by atoms with van der Waals surface area (Å²) in [6, 6.07) is 12.0. The maximum Gasteiger partial charge on any atom is 0.258 e. The van der Waals surface area contributed by atoms with Gasteiger partial charge in [0.15, 0.2) is 5.13 Å². The number of amides is 1. The first-order valence-electron chi connectivity index (χ1n) is 6.58. The summed E-state index contributed by atoms with van der Waals surface area (Å²) in [4.78, 5) is 17.3. The van der Waals surface area contributed by atoms with E-state index in [2.05, 4.69) is 38.9 Å². The van der Waals surface area contributed by atoms with E-state index in [1.54, 1.807) is 36.4 Å². The van der Waals surface area contributed by atoms with Crippen LogP contribution in [-0.2, 0) is 0 Å². The Hall–Kier alpha value is -1.83. The Morgan fingerprint density at radius 3 is 2.70 bits per heavy atom. The summed E-state index contributed by atoms with van der Waals surface area (Å²) in [6.45, 7) is 0. The number of aromatic hydroxyl groups is 1. The zero-order valence-electron chi connectivity index (χ0n) is 11.7. The van der Waals surface area contributed by atoms with Crippen LogP contribution in [0, 0.1) is 0 Å². The van der Waals surface area contributed by atoms with Crippen molar-refractivity contribution in [2.75, 3.05) is 5.32 Å². The Kier molecular flexibility index (Phi) is 4.70. The number of nitrogens with zero attached hydrogens (tertiary/aromatic N) is 1. The quantitative estimate of drug-likeness (QED) is 0.546. The monoisotopic (exact) mass is 406 g/mol. The molecule has 0 aliphatic carbocycles. The van der Waals surface area contributed by atoms with Crippen LogP contribution in [0.4, 0.5) is 5.13 Å². The summed E-state index contributed by atoms with van der Waals surface area (Å²) < 4.78 is 0.810. The van der Waals surface area contributed by atoms with Crippen molar-refractivity contribution in [3.63, 3.8) is 0 Å². The van der Waals surface area contributed by atoms with Crippen molar-refractivity contribution in [2.45, 2.75) is 4.90 Å².